The quantitative estimate of drug-likeness (QED) is 0.329. The number of allylic oxidation sites excluding steroid dienone is 2. The molecule has 38 heavy (non-hydrogen) atoms. The van der Waals surface area contributed by atoms with E-state index in [1.54, 1.807) is 12.1 Å². The Labute approximate surface area is 221 Å². The molecule has 2 unspecified atom stereocenters. The van der Waals surface area contributed by atoms with E-state index >= 15 is 0 Å². The molecule has 0 bridgehead atoms. The lowest BCUT2D eigenvalue weighted by Crippen LogP contribution is -2.33. The summed E-state index contributed by atoms with van der Waals surface area (Å²) in [4.78, 5) is 45.1. The number of amides is 2. The van der Waals surface area contributed by atoms with Gasteiger partial charge < -0.3 is 20.8 Å². The largest absolute Gasteiger partial charge is 0.478 e. The van der Waals surface area contributed by atoms with Gasteiger partial charge in [0.1, 0.15) is 0 Å². The Bertz CT molecular complexity index is 1290. The molecule has 0 fully saturated rings. The first-order valence-corrected chi connectivity index (χ1v) is 12.3. The van der Waals surface area contributed by atoms with E-state index in [9.17, 15) is 19.2 Å². The van der Waals surface area contributed by atoms with E-state index in [-0.39, 0.29) is 12.0 Å². The maximum Gasteiger partial charge on any atom is 0.328 e. The molecule has 2 amide bonds. The lowest BCUT2D eigenvalue weighted by atomic mass is 9.81. The second-order valence-corrected chi connectivity index (χ2v) is 8.79. The molecule has 4 N–H and O–H groups in total. The van der Waals surface area contributed by atoms with Gasteiger partial charge in [0.2, 0.25) is 11.8 Å². The van der Waals surface area contributed by atoms with Crippen LogP contribution in [0.4, 0.5) is 5.69 Å². The van der Waals surface area contributed by atoms with E-state index in [2.05, 4.69) is 47.9 Å². The molecule has 2 atom stereocenters. The fourth-order valence-electron chi connectivity index (χ4n) is 4.17. The summed E-state index contributed by atoms with van der Waals surface area (Å²) >= 11 is 0. The Morgan fingerprint density at radius 2 is 1.45 bits per heavy atom. The van der Waals surface area contributed by atoms with Crippen LogP contribution in [-0.4, -0.2) is 40.0 Å². The van der Waals surface area contributed by atoms with Crippen LogP contribution in [0.1, 0.15) is 42.4 Å². The molecule has 2 aromatic rings. The van der Waals surface area contributed by atoms with Crippen LogP contribution in [0.2, 0.25) is 0 Å². The molecule has 196 valence electrons. The lowest BCUT2D eigenvalue weighted by Gasteiger charge is -2.24. The highest BCUT2D eigenvalue weighted by Gasteiger charge is 2.21. The van der Waals surface area contributed by atoms with E-state index in [0.29, 0.717) is 12.1 Å². The molecule has 0 saturated heterocycles. The number of rotatable bonds is 11. The summed E-state index contributed by atoms with van der Waals surface area (Å²) in [6.07, 6.45) is 12.1. The van der Waals surface area contributed by atoms with Crippen molar-refractivity contribution in [3.8, 4) is 0 Å². The van der Waals surface area contributed by atoms with E-state index in [0.717, 1.165) is 53.8 Å². The molecule has 0 aliphatic heterocycles. The minimum Gasteiger partial charge on any atom is -0.478 e. The summed E-state index contributed by atoms with van der Waals surface area (Å²) in [6.45, 7) is 2.14. The van der Waals surface area contributed by atoms with Gasteiger partial charge in [-0.25, -0.2) is 9.59 Å². The fraction of sp³-hybridized carbons (Fsp3) is 0.200. The summed E-state index contributed by atoms with van der Waals surface area (Å²) in [5.41, 5.74) is 4.92. The van der Waals surface area contributed by atoms with Crippen LogP contribution in [0.25, 0.3) is 0 Å². The van der Waals surface area contributed by atoms with E-state index in [1.807, 2.05) is 24.3 Å². The highest BCUT2D eigenvalue weighted by molar-refractivity contribution is 6.02. The predicted molar refractivity (Wildman–Crippen MR) is 145 cm³/mol. The zero-order valence-corrected chi connectivity index (χ0v) is 21.0. The predicted octanol–water partition coefficient (Wildman–Crippen LogP) is 4.36. The molecule has 0 heterocycles. The first-order valence-electron chi connectivity index (χ1n) is 12.3. The number of carboxylic acid groups (broad SMARTS) is 2. The fourth-order valence-corrected chi connectivity index (χ4v) is 4.17. The number of benzene rings is 2. The average Bonchev–Trinajstić information content (AvgIpc) is 2.89. The van der Waals surface area contributed by atoms with Gasteiger partial charge in [-0.15, -0.1) is 0 Å². The van der Waals surface area contributed by atoms with Crippen molar-refractivity contribution in [2.45, 2.75) is 38.1 Å². The lowest BCUT2D eigenvalue weighted by molar-refractivity contribution is -0.132. The number of carboxylic acids is 2. The van der Waals surface area contributed by atoms with Crippen molar-refractivity contribution in [2.75, 3.05) is 5.32 Å². The Hall–Kier alpha value is -4.72. The summed E-state index contributed by atoms with van der Waals surface area (Å²) in [6, 6.07) is 15.6. The molecule has 8 heteroatoms. The number of aryl methyl sites for hydroxylation is 1. The maximum absolute atomic E-state index is 12.0. The molecule has 3 rings (SSSR count). The number of hydrogen-bond acceptors (Lipinski definition) is 4. The molecule has 1 aliphatic carbocycles. The first kappa shape index (κ1) is 27.9. The molecular formula is C30H30N2O6. The number of carbonyl (C=O) groups is 4. The van der Waals surface area contributed by atoms with E-state index < -0.39 is 23.8 Å². The third-order valence-electron chi connectivity index (χ3n) is 5.91. The molecule has 2 aromatic carbocycles. The normalized spacial score (nSPS) is 15.7. The Kier molecular flexibility index (Phi) is 9.93. The Morgan fingerprint density at radius 1 is 0.868 bits per heavy atom. The average molecular weight is 515 g/mol. The van der Waals surface area contributed by atoms with Crippen LogP contribution in [-0.2, 0) is 25.6 Å². The molecule has 0 radical (unpaired) electrons. The van der Waals surface area contributed by atoms with Crippen LogP contribution in [0.15, 0.2) is 96.6 Å². The van der Waals surface area contributed by atoms with Crippen molar-refractivity contribution >= 4 is 29.4 Å². The molecule has 0 aromatic heterocycles. The summed E-state index contributed by atoms with van der Waals surface area (Å²) in [5, 5.41) is 22.8. The van der Waals surface area contributed by atoms with Gasteiger partial charge in [-0.3, -0.25) is 9.59 Å². The Morgan fingerprint density at radius 3 is 1.97 bits per heavy atom. The van der Waals surface area contributed by atoms with Crippen molar-refractivity contribution < 1.29 is 29.4 Å². The van der Waals surface area contributed by atoms with Gasteiger partial charge in [0, 0.05) is 35.9 Å². The number of hydrogen-bond donors (Lipinski definition) is 4. The van der Waals surface area contributed by atoms with Crippen LogP contribution >= 0.6 is 0 Å². The van der Waals surface area contributed by atoms with Crippen LogP contribution in [0.3, 0.4) is 0 Å². The summed E-state index contributed by atoms with van der Waals surface area (Å²) < 4.78 is 0. The zero-order valence-electron chi connectivity index (χ0n) is 21.0. The van der Waals surface area contributed by atoms with Crippen molar-refractivity contribution in [3.63, 3.8) is 0 Å². The van der Waals surface area contributed by atoms with E-state index in [4.69, 9.17) is 10.2 Å². The smallest absolute Gasteiger partial charge is 0.328 e. The topological polar surface area (TPSA) is 133 Å². The molecular weight excluding hydrogens is 484 g/mol. The number of aliphatic carboxylic acids is 2. The minimum atomic E-state index is -1.20. The van der Waals surface area contributed by atoms with Crippen molar-refractivity contribution in [3.05, 3.63) is 113 Å². The monoisotopic (exact) mass is 514 g/mol. The van der Waals surface area contributed by atoms with Gasteiger partial charge >= 0.3 is 11.9 Å². The number of anilines is 1. The van der Waals surface area contributed by atoms with Crippen molar-refractivity contribution in [2.24, 2.45) is 0 Å². The maximum atomic E-state index is 12.0. The van der Waals surface area contributed by atoms with Crippen LogP contribution in [0.5, 0.6) is 0 Å². The van der Waals surface area contributed by atoms with Gasteiger partial charge in [0.05, 0.1) is 6.04 Å². The van der Waals surface area contributed by atoms with Gasteiger partial charge in [0.15, 0.2) is 0 Å². The highest BCUT2D eigenvalue weighted by Crippen LogP contribution is 2.35. The van der Waals surface area contributed by atoms with Gasteiger partial charge in [-0.2, -0.15) is 0 Å². The van der Waals surface area contributed by atoms with Crippen molar-refractivity contribution in [1.29, 1.82) is 0 Å². The third-order valence-corrected chi connectivity index (χ3v) is 5.91. The second kappa shape index (κ2) is 13.5. The number of nitrogens with one attached hydrogen (secondary N) is 2. The van der Waals surface area contributed by atoms with Crippen LogP contribution < -0.4 is 10.6 Å². The summed E-state index contributed by atoms with van der Waals surface area (Å²) in [5.74, 6) is -3.49. The van der Waals surface area contributed by atoms with Gasteiger partial charge in [0.25, 0.3) is 0 Å². The second-order valence-electron chi connectivity index (χ2n) is 8.79. The standard InChI is InChI=1S/C30H30N2O6/c1-2-3-20-4-6-21(7-5-20)30(22-8-12-24(13-9-22)31-26(33)16-18-28(35)36)23-10-14-25(15-11-23)32-27(34)17-19-29(37)38/h4-14,16-19,25,30H,2-3,15H2,1H3,(H,31,33)(H,32,34)(H,35,36)(H,37,38)/b18-16+,19-17+. The van der Waals surface area contributed by atoms with E-state index in [1.165, 1.54) is 5.56 Å². The number of carbonyl (C=O) groups excluding carboxylic acids is 2. The minimum absolute atomic E-state index is 0.0952. The molecule has 0 saturated carbocycles. The SMILES string of the molecule is CCCc1ccc(C(C2=CCC(NC(=O)/C=C/C(=O)O)C=C2)c2ccc(NC(=O)/C=C/C(=O)O)cc2)cc1. The first-order chi connectivity index (χ1) is 18.2. The molecule has 1 aliphatic rings. The summed E-state index contributed by atoms with van der Waals surface area (Å²) in [7, 11) is 0. The zero-order chi connectivity index (χ0) is 27.5. The van der Waals surface area contributed by atoms with Gasteiger partial charge in [-0.1, -0.05) is 68.0 Å². The third kappa shape index (κ3) is 8.44. The molecule has 8 nitrogen and oxygen atoms in total. The Balaban J connectivity index is 1.82. The molecule has 0 spiro atoms. The van der Waals surface area contributed by atoms with Gasteiger partial charge in [-0.05, 0) is 47.2 Å². The van der Waals surface area contributed by atoms with Crippen molar-refractivity contribution in [1.82, 2.24) is 5.32 Å². The van der Waals surface area contributed by atoms with Crippen LogP contribution in [0, 0.1) is 0 Å². The highest BCUT2D eigenvalue weighted by atomic mass is 16.4.